The number of carbonyl (C=O) groups excluding carboxylic acids is 6. The number of carbonyl (C=O) groups is 6. The van der Waals surface area contributed by atoms with Crippen LogP contribution in [0.15, 0.2) is 280 Å². The normalized spacial score (nSPS) is 10.8. The maximum Gasteiger partial charge on any atom is 0.412 e. The molecule has 11 aromatic carbocycles. The van der Waals surface area contributed by atoms with Crippen LogP contribution in [0, 0.1) is 88.5 Å². The second kappa shape index (κ2) is 69.4. The number of aryl methyl sites for hydroxylation is 11. The van der Waals surface area contributed by atoms with Crippen molar-refractivity contribution in [2.24, 2.45) is 0 Å². The van der Waals surface area contributed by atoms with Crippen LogP contribution in [0.5, 0.6) is 0 Å². The zero-order valence-corrected chi connectivity index (χ0v) is 93.8. The number of hydrogen-bond donors (Lipinski definition) is 9. The van der Waals surface area contributed by atoms with Crippen LogP contribution in [0.2, 0.25) is 0 Å². The van der Waals surface area contributed by atoms with Crippen molar-refractivity contribution < 1.29 is 98.9 Å². The molecule has 0 aromatic heterocycles. The number of anilines is 10. The number of amides is 6. The molecule has 0 bridgehead atoms. The number of hydrogen-bond acceptors (Lipinski definition) is 21. The number of methoxy groups -OCH3 is 1. The lowest BCUT2D eigenvalue weighted by atomic mass is 10.1. The molecule has 2 atom stereocenters. The largest absolute Gasteiger partial charge is 0.453 e. The smallest absolute Gasteiger partial charge is 0.412 e. The van der Waals surface area contributed by atoms with E-state index in [4.69, 9.17) is 15.9 Å². The van der Waals surface area contributed by atoms with Crippen LogP contribution in [0.25, 0.3) is 0 Å². The molecule has 0 radical (unpaired) electrons. The molecular weight excluding hydrogens is 2000 g/mol. The Kier molecular flexibility index (Phi) is 61.6. The van der Waals surface area contributed by atoms with Gasteiger partial charge in [0.15, 0.2) is 6.61 Å². The average Bonchev–Trinajstić information content (AvgIpc) is 0.803. The van der Waals surface area contributed by atoms with E-state index in [-0.39, 0.29) is 48.9 Å². The zero-order chi connectivity index (χ0) is 113. The number of sulfonamides is 5. The van der Waals surface area contributed by atoms with Crippen LogP contribution in [0.3, 0.4) is 0 Å². The van der Waals surface area contributed by atoms with Crippen LogP contribution < -0.4 is 54.7 Å². The lowest BCUT2D eigenvalue weighted by molar-refractivity contribution is 0.0942. The van der Waals surface area contributed by atoms with E-state index in [1.165, 1.54) is 27.5 Å². The molecule has 0 spiro atoms. The number of rotatable bonds is 27. The Morgan fingerprint density at radius 3 is 1.03 bits per heavy atom. The Morgan fingerprint density at radius 1 is 0.396 bits per heavy atom. The Hall–Kier alpha value is -14.8. The Bertz CT molecular complexity index is 6550. The van der Waals surface area contributed by atoms with Crippen molar-refractivity contribution in [3.8, 4) is 12.3 Å². The minimum absolute atomic E-state index is 0.00463. The summed E-state index contributed by atoms with van der Waals surface area (Å²) in [7, 11) is -11.3. The monoisotopic (exact) mass is 2150 g/mol. The van der Waals surface area contributed by atoms with Gasteiger partial charge in [-0.3, -0.25) is 54.2 Å². The SMILES string of the molecule is C#CCOC(=O)Nc1cccc(C)c1.C=CC(C)OC(=O)Nc1cccc(C)c1.CCC(C)OC(=O)Nc1cccc(C)c1.CCS(=O)(=O)N(C)c1ccc(C)cc1.CCS(=O)(=O)Nc1ccc(C)cc1.COC(=O)Nc1cccc(C)c1.Cc1ccc(C(=O)NC(C)C)cc1.Cc1ccc(N(C)S(C)(=O)=O)cc1.Cc1ccc(NC(=O)OCCF)cc1.Cc1ccc(NS(=O)(=O)C(C)C)cc1.Cc1ccc(NS(C)(=O)=O)cc1. The topological polar surface area (TPSA) is 434 Å². The first kappa shape index (κ1) is 132. The van der Waals surface area contributed by atoms with Crippen molar-refractivity contribution in [2.75, 3.05) is 114 Å². The number of ether oxygens (including phenoxy) is 5. The van der Waals surface area contributed by atoms with Crippen molar-refractivity contribution in [2.45, 2.75) is 168 Å². The van der Waals surface area contributed by atoms with Gasteiger partial charge in [-0.05, 0) is 294 Å². The summed E-state index contributed by atoms with van der Waals surface area (Å²) in [4.78, 5) is 66.9. The summed E-state index contributed by atoms with van der Waals surface area (Å²) >= 11 is 0. The first-order valence-electron chi connectivity index (χ1n) is 47.0. The summed E-state index contributed by atoms with van der Waals surface area (Å²) in [5.41, 5.74) is 19.7. The van der Waals surface area contributed by atoms with Gasteiger partial charge < -0.3 is 29.0 Å². The average molecular weight is 2150 g/mol. The first-order chi connectivity index (χ1) is 69.8. The molecule has 6 amide bonds. The molecule has 11 rings (SSSR count). The minimum Gasteiger partial charge on any atom is -0.453 e. The van der Waals surface area contributed by atoms with E-state index >= 15 is 0 Å². The molecule has 0 fully saturated rings. The summed E-state index contributed by atoms with van der Waals surface area (Å²) in [6.45, 7) is 40.3. The highest BCUT2D eigenvalue weighted by molar-refractivity contribution is 7.93. The third-order valence-corrected chi connectivity index (χ3v) is 26.1. The van der Waals surface area contributed by atoms with Crippen LogP contribution in [-0.2, 0) is 73.8 Å². The van der Waals surface area contributed by atoms with Gasteiger partial charge in [-0.15, -0.1) is 6.42 Å². The van der Waals surface area contributed by atoms with E-state index < -0.39 is 92.5 Å². The molecule has 0 aliphatic heterocycles. The second-order valence-corrected chi connectivity index (χ2v) is 44.3. The van der Waals surface area contributed by atoms with Gasteiger partial charge in [0.1, 0.15) is 25.5 Å². The Labute approximate surface area is 883 Å². The number of nitrogens with zero attached hydrogens (tertiary/aromatic N) is 2. The van der Waals surface area contributed by atoms with E-state index in [9.17, 15) is 75.2 Å². The summed E-state index contributed by atoms with van der Waals surface area (Å²) < 4.78 is 157. The van der Waals surface area contributed by atoms with Gasteiger partial charge in [0.25, 0.3) is 5.91 Å². The van der Waals surface area contributed by atoms with Crippen molar-refractivity contribution in [1.29, 1.82) is 0 Å². The maximum atomic E-state index is 11.6. The van der Waals surface area contributed by atoms with Crippen LogP contribution in [0.1, 0.15) is 140 Å². The van der Waals surface area contributed by atoms with E-state index in [1.54, 1.807) is 122 Å². The highest BCUT2D eigenvalue weighted by atomic mass is 32.2. The fourth-order valence-corrected chi connectivity index (χ4v) is 14.0. The highest BCUT2D eigenvalue weighted by Crippen LogP contribution is 2.22. The fraction of sp³-hybridized carbons (Fsp3) is 0.315. The molecule has 38 heteroatoms. The molecule has 0 aliphatic carbocycles. The van der Waals surface area contributed by atoms with E-state index in [0.29, 0.717) is 39.8 Å². The second-order valence-electron chi connectivity index (χ2n) is 34.0. The minimum atomic E-state index is -3.21. The molecule has 32 nitrogen and oxygen atoms in total. The predicted molar refractivity (Wildman–Crippen MR) is 606 cm³/mol. The van der Waals surface area contributed by atoms with Crippen molar-refractivity contribution in [1.82, 2.24) is 5.32 Å². The van der Waals surface area contributed by atoms with E-state index in [0.717, 1.165) is 90.9 Å². The molecule has 149 heavy (non-hydrogen) atoms. The van der Waals surface area contributed by atoms with Gasteiger partial charge in [0, 0.05) is 71.2 Å². The third-order valence-electron chi connectivity index (χ3n) is 19.4. The number of terminal acetylenes is 1. The molecule has 0 heterocycles. The third kappa shape index (κ3) is 62.1. The number of alkyl halides is 1. The highest BCUT2D eigenvalue weighted by Gasteiger charge is 2.19. The summed E-state index contributed by atoms with van der Waals surface area (Å²) in [6.07, 6.45) is 6.85. The van der Waals surface area contributed by atoms with E-state index in [1.807, 2.05) is 304 Å². The summed E-state index contributed by atoms with van der Waals surface area (Å²) in [6, 6.07) is 81.5. The lowest BCUT2D eigenvalue weighted by Gasteiger charge is -2.18. The van der Waals surface area contributed by atoms with E-state index in [2.05, 4.69) is 72.8 Å². The van der Waals surface area contributed by atoms with Crippen LogP contribution in [-0.4, -0.2) is 167 Å². The standard InChI is InChI=1S/C12H17NO2.C12H15NO2.C11H11NO2.C11H15NO.C10H12FNO2.2C10H15NO2S.2C9H13NO2S.C9H11NO2.C8H11NO2S/c2*1-4-10(3)15-12(14)13-11-7-5-6-9(2)8-11;1-3-7-14-11(13)12-10-6-4-5-9(2)8-10;1-8(2)12-11(13)10-6-4-9(3)5-7-10;1-8-2-4-9(5-3-8)12-10(13)14-7-6-11;1-8(2)14(12,13)11-10-6-4-9(3)5-7-10;1-4-14(12,13)11(3)10-7-5-9(2)6-8-10;1-8-4-6-9(7-5-8)10(2)13(3,11)12;1-3-13(11,12)10-9-6-4-8(2)5-7-9;1-7-4-3-5-8(6-7)10-9(11)12-2;1-7-3-5-8(6-4-7)9-12(2,10)11/h5-8,10H,4H2,1-3H3,(H,13,14);4-8,10H,1H2,2-3H3,(H,13,14);1,4-6,8H,7H2,2H3,(H,12,13);4-8H,1-3H3,(H,12,13);2-5H,6-7H2,1H3,(H,12,13);4-8,11H,1-3H3;5-8H,4H2,1-3H3;4-7H,1-3H3;4-7,10H,3H2,1-2H3;3-6H,1-2H3,(H,10,11);3-6,9H,1-2H3. The Balaban J connectivity index is 0.000000820. The maximum absolute atomic E-state index is 11.6. The van der Waals surface area contributed by atoms with Gasteiger partial charge >= 0.3 is 30.5 Å². The lowest BCUT2D eigenvalue weighted by Crippen LogP contribution is -2.29. The number of benzene rings is 11. The van der Waals surface area contributed by atoms with Gasteiger partial charge in [-0.2, -0.15) is 0 Å². The Morgan fingerprint density at radius 2 is 0.718 bits per heavy atom. The molecule has 810 valence electrons. The van der Waals surface area contributed by atoms with Gasteiger partial charge in [-0.25, -0.2) is 70.5 Å². The molecule has 11 aromatic rings. The molecule has 9 N–H and O–H groups in total. The molecule has 0 saturated carbocycles. The van der Waals surface area contributed by atoms with Gasteiger partial charge in [-0.1, -0.05) is 198 Å². The fourth-order valence-electron chi connectivity index (χ4n) is 10.7. The first-order valence-corrected chi connectivity index (χ1v) is 55.6. The van der Waals surface area contributed by atoms with Crippen LogP contribution >= 0.6 is 0 Å². The van der Waals surface area contributed by atoms with Crippen molar-refractivity contribution >= 4 is 143 Å². The summed E-state index contributed by atoms with van der Waals surface area (Å²) in [5, 5.41) is 15.4. The van der Waals surface area contributed by atoms with Crippen molar-refractivity contribution in [3.63, 3.8) is 0 Å². The number of nitrogens with one attached hydrogen (secondary N) is 9. The molecule has 0 saturated heterocycles. The van der Waals surface area contributed by atoms with Crippen LogP contribution in [0.4, 0.5) is 85.2 Å². The molecule has 0 aliphatic rings. The quantitative estimate of drug-likeness (QED) is 0.0131. The number of halogens is 1. The predicted octanol–water partition coefficient (Wildman–Crippen LogP) is 23.9. The van der Waals surface area contributed by atoms with Crippen molar-refractivity contribution in [3.05, 3.63) is 346 Å². The zero-order valence-electron chi connectivity index (χ0n) is 89.7. The van der Waals surface area contributed by atoms with Gasteiger partial charge in [0.2, 0.25) is 50.1 Å². The molecule has 2 unspecified atom stereocenters. The molecular formula is C111H148FN11O21S5. The summed E-state index contributed by atoms with van der Waals surface area (Å²) in [5.74, 6) is 2.43. The van der Waals surface area contributed by atoms with Gasteiger partial charge in [0.05, 0.1) is 47.8 Å².